The maximum Gasteiger partial charge on any atom is 0.336 e. The molecule has 0 fully saturated rings. The zero-order valence-corrected chi connectivity index (χ0v) is 21.7. The van der Waals surface area contributed by atoms with Gasteiger partial charge in [-0.15, -0.1) is 23.4 Å². The zero-order chi connectivity index (χ0) is 26.0. The summed E-state index contributed by atoms with van der Waals surface area (Å²) in [7, 11) is 0. The Bertz CT molecular complexity index is 1000. The van der Waals surface area contributed by atoms with E-state index in [0.29, 0.717) is 24.3 Å². The first-order chi connectivity index (χ1) is 16.7. The fraction of sp³-hybridized carbons (Fsp3) is 0.478. The summed E-state index contributed by atoms with van der Waals surface area (Å²) in [6.07, 6.45) is 1.70. The Labute approximate surface area is 217 Å². The summed E-state index contributed by atoms with van der Waals surface area (Å²) in [4.78, 5) is 51.4. The molecule has 0 radical (unpaired) electrons. The Morgan fingerprint density at radius 1 is 1.06 bits per heavy atom. The third-order valence-electron chi connectivity index (χ3n) is 4.91. The van der Waals surface area contributed by atoms with E-state index in [0.717, 1.165) is 17.8 Å². The summed E-state index contributed by atoms with van der Waals surface area (Å²) in [6, 6.07) is 2.14. The highest BCUT2D eigenvalue weighted by atomic mass is 35.5. The summed E-state index contributed by atoms with van der Waals surface area (Å²) in [5, 5.41) is -0.0108. The number of hydrogen-bond donors (Lipinski definition) is 0. The Morgan fingerprint density at radius 2 is 1.74 bits per heavy atom. The molecule has 0 saturated carbocycles. The molecule has 1 aromatic rings. The molecule has 8 nitrogen and oxygen atoms in total. The highest BCUT2D eigenvalue weighted by Crippen LogP contribution is 2.36. The minimum Gasteiger partial charge on any atom is -0.465 e. The van der Waals surface area contributed by atoms with Crippen molar-refractivity contribution in [2.75, 3.05) is 36.5 Å². The van der Waals surface area contributed by atoms with E-state index in [2.05, 4.69) is 0 Å². The maximum absolute atomic E-state index is 15.0. The van der Waals surface area contributed by atoms with Gasteiger partial charge in [-0.3, -0.25) is 14.4 Å². The van der Waals surface area contributed by atoms with Crippen molar-refractivity contribution in [2.45, 2.75) is 44.4 Å². The molecular weight excluding hydrogens is 524 g/mol. The number of imide groups is 1. The lowest BCUT2D eigenvalue weighted by Gasteiger charge is -2.26. The van der Waals surface area contributed by atoms with Crippen molar-refractivity contribution in [1.29, 1.82) is 0 Å². The van der Waals surface area contributed by atoms with Crippen molar-refractivity contribution in [3.63, 3.8) is 0 Å². The van der Waals surface area contributed by atoms with Gasteiger partial charge < -0.3 is 14.2 Å². The molecule has 35 heavy (non-hydrogen) atoms. The van der Waals surface area contributed by atoms with Gasteiger partial charge in [-0.05, 0) is 51.7 Å². The number of anilines is 1. The molecule has 0 spiro atoms. The summed E-state index contributed by atoms with van der Waals surface area (Å²) in [6.45, 7) is 3.64. The van der Waals surface area contributed by atoms with Crippen molar-refractivity contribution >= 4 is 64.4 Å². The SMILES string of the molecule is CCOCOC(=O)C1=C(C(=O)N(C(=O)CCl)c2cc(SCC(=O)OCC)c(Cl)cc2F)CCCC1. The molecule has 0 atom stereocenters. The van der Waals surface area contributed by atoms with Crippen molar-refractivity contribution in [3.8, 4) is 0 Å². The molecule has 2 amide bonds. The standard InChI is InChI=1S/C23H26Cl2FNO7S/c1-3-32-13-34-23(31)15-8-6-5-7-14(15)22(30)27(20(28)11-24)18-10-19(16(25)9-17(18)26)35-12-21(29)33-4-2/h9-10H,3-8,11-13H2,1-2H3. The van der Waals surface area contributed by atoms with Crippen LogP contribution in [0, 0.1) is 5.82 Å². The molecule has 0 heterocycles. The number of hydrogen-bond acceptors (Lipinski definition) is 8. The summed E-state index contributed by atoms with van der Waals surface area (Å²) >= 11 is 12.8. The van der Waals surface area contributed by atoms with Crippen molar-refractivity contribution in [1.82, 2.24) is 0 Å². The number of alkyl halides is 1. The van der Waals surface area contributed by atoms with Crippen LogP contribution < -0.4 is 4.90 Å². The number of nitrogens with zero attached hydrogens (tertiary/aromatic N) is 1. The van der Waals surface area contributed by atoms with Crippen molar-refractivity contribution in [2.24, 2.45) is 0 Å². The van der Waals surface area contributed by atoms with Crippen LogP contribution in [0.5, 0.6) is 0 Å². The maximum atomic E-state index is 15.0. The molecule has 2 rings (SSSR count). The second-order valence-corrected chi connectivity index (χ2v) is 8.89. The van der Waals surface area contributed by atoms with E-state index < -0.39 is 41.1 Å². The van der Waals surface area contributed by atoms with E-state index in [1.807, 2.05) is 0 Å². The number of halogens is 3. The molecule has 1 aromatic carbocycles. The number of carbonyl (C=O) groups excluding carboxylic acids is 4. The van der Waals surface area contributed by atoms with Gasteiger partial charge in [0.15, 0.2) is 6.79 Å². The van der Waals surface area contributed by atoms with E-state index in [1.165, 1.54) is 6.07 Å². The summed E-state index contributed by atoms with van der Waals surface area (Å²) < 4.78 is 30.0. The summed E-state index contributed by atoms with van der Waals surface area (Å²) in [5.74, 6) is -4.68. The number of carbonyl (C=O) groups is 4. The Balaban J connectivity index is 2.46. The van der Waals surface area contributed by atoms with Crippen LogP contribution in [0.3, 0.4) is 0 Å². The molecule has 0 saturated heterocycles. The normalized spacial score (nSPS) is 13.4. The van der Waals surface area contributed by atoms with Crippen LogP contribution in [0.2, 0.25) is 5.02 Å². The lowest BCUT2D eigenvalue weighted by molar-refractivity contribution is -0.151. The highest BCUT2D eigenvalue weighted by Gasteiger charge is 2.33. The monoisotopic (exact) mass is 549 g/mol. The largest absolute Gasteiger partial charge is 0.465 e. The molecule has 0 aromatic heterocycles. The average molecular weight is 550 g/mol. The zero-order valence-electron chi connectivity index (χ0n) is 19.4. The molecule has 0 aliphatic heterocycles. The minimum absolute atomic E-state index is 0.0108. The fourth-order valence-corrected chi connectivity index (χ4v) is 4.51. The Hall–Kier alpha value is -2.14. The number of ether oxygens (including phenoxy) is 3. The van der Waals surface area contributed by atoms with Gasteiger partial charge in [-0.2, -0.15) is 0 Å². The third-order valence-corrected chi connectivity index (χ3v) is 6.59. The van der Waals surface area contributed by atoms with Gasteiger partial charge in [0.05, 0.1) is 23.1 Å². The molecule has 0 unspecified atom stereocenters. The molecule has 0 bridgehead atoms. The van der Waals surface area contributed by atoms with E-state index in [9.17, 15) is 23.6 Å². The van der Waals surface area contributed by atoms with Crippen molar-refractivity contribution < 1.29 is 37.8 Å². The van der Waals surface area contributed by atoms with Gasteiger partial charge in [0.2, 0.25) is 5.91 Å². The number of benzene rings is 1. The van der Waals surface area contributed by atoms with Crippen LogP contribution in [0.15, 0.2) is 28.2 Å². The molecule has 192 valence electrons. The van der Waals surface area contributed by atoms with Crippen molar-refractivity contribution in [3.05, 3.63) is 34.1 Å². The topological polar surface area (TPSA) is 99.2 Å². The first-order valence-corrected chi connectivity index (χ1v) is 12.8. The lowest BCUT2D eigenvalue weighted by Crippen LogP contribution is -2.40. The first kappa shape index (κ1) is 29.1. The predicted octanol–water partition coefficient (Wildman–Crippen LogP) is 4.64. The van der Waals surface area contributed by atoms with E-state index in [1.54, 1.807) is 13.8 Å². The highest BCUT2D eigenvalue weighted by molar-refractivity contribution is 8.00. The Kier molecular flexibility index (Phi) is 12.0. The summed E-state index contributed by atoms with van der Waals surface area (Å²) in [5.41, 5.74) is -0.234. The van der Waals surface area contributed by atoms with Crippen LogP contribution in [-0.2, 0) is 33.4 Å². The smallest absolute Gasteiger partial charge is 0.336 e. The molecule has 0 N–H and O–H groups in total. The minimum atomic E-state index is -0.945. The van der Waals surface area contributed by atoms with Gasteiger partial charge in [0, 0.05) is 22.6 Å². The number of esters is 2. The Morgan fingerprint density at radius 3 is 2.37 bits per heavy atom. The van der Waals surface area contributed by atoms with Gasteiger partial charge in [-0.25, -0.2) is 14.1 Å². The quantitative estimate of drug-likeness (QED) is 0.129. The molecule has 12 heteroatoms. The van der Waals surface area contributed by atoms with E-state index in [-0.39, 0.29) is 53.1 Å². The van der Waals surface area contributed by atoms with E-state index >= 15 is 0 Å². The van der Waals surface area contributed by atoms with E-state index in [4.69, 9.17) is 37.4 Å². The number of amides is 2. The van der Waals surface area contributed by atoms with Crippen LogP contribution in [-0.4, -0.2) is 55.4 Å². The molecule has 1 aliphatic rings. The van der Waals surface area contributed by atoms with Gasteiger partial charge in [0.25, 0.3) is 5.91 Å². The lowest BCUT2D eigenvalue weighted by atomic mass is 9.90. The number of rotatable bonds is 11. The van der Waals surface area contributed by atoms with Crippen LogP contribution in [0.25, 0.3) is 0 Å². The average Bonchev–Trinajstić information content (AvgIpc) is 2.84. The second kappa shape index (κ2) is 14.4. The van der Waals surface area contributed by atoms with Gasteiger partial charge >= 0.3 is 11.9 Å². The first-order valence-electron chi connectivity index (χ1n) is 10.9. The molecular formula is C23H26Cl2FNO7S. The van der Waals surface area contributed by atoms with Crippen LogP contribution in [0.1, 0.15) is 39.5 Å². The third kappa shape index (κ3) is 7.93. The fourth-order valence-electron chi connectivity index (χ4n) is 3.32. The predicted molar refractivity (Wildman–Crippen MR) is 130 cm³/mol. The molecule has 1 aliphatic carbocycles. The van der Waals surface area contributed by atoms with Gasteiger partial charge in [0.1, 0.15) is 11.7 Å². The second-order valence-electron chi connectivity index (χ2n) is 7.20. The van der Waals surface area contributed by atoms with Crippen LogP contribution >= 0.6 is 35.0 Å². The van der Waals surface area contributed by atoms with Crippen LogP contribution in [0.4, 0.5) is 10.1 Å². The number of thioether (sulfide) groups is 1. The van der Waals surface area contributed by atoms with Gasteiger partial charge in [-0.1, -0.05) is 11.6 Å².